The lowest BCUT2D eigenvalue weighted by Gasteiger charge is -2.30. The molecule has 0 bridgehead atoms. The van der Waals surface area contributed by atoms with Gasteiger partial charge in [-0.25, -0.2) is 0 Å². The maximum Gasteiger partial charge on any atom is 0.306 e. The zero-order valence-electron chi connectivity index (χ0n) is 52.0. The summed E-state index contributed by atoms with van der Waals surface area (Å²) in [6.07, 6.45) is 82.7. The molecule has 1 amide bonds. The van der Waals surface area contributed by atoms with E-state index in [4.69, 9.17) is 13.8 Å². The molecule has 10 heteroatoms. The highest BCUT2D eigenvalue weighted by molar-refractivity contribution is 7.45. The molecule has 0 aliphatic heterocycles. The number of allylic oxidation sites excluding steroid dienone is 21. The zero-order valence-corrected chi connectivity index (χ0v) is 52.9. The number of rotatable bonds is 56. The number of likely N-dealkylation sites (N-methyl/N-ethyl adjacent to an activating group) is 1. The van der Waals surface area contributed by atoms with Crippen LogP contribution < -0.4 is 10.2 Å². The maximum atomic E-state index is 13.6. The topological polar surface area (TPSA) is 114 Å². The third-order valence-corrected chi connectivity index (χ3v) is 14.3. The summed E-state index contributed by atoms with van der Waals surface area (Å²) in [4.78, 5) is 40.0. The number of amides is 1. The van der Waals surface area contributed by atoms with Crippen molar-refractivity contribution in [2.75, 3.05) is 40.9 Å². The summed E-state index contributed by atoms with van der Waals surface area (Å²) in [5, 5.41) is 3.01. The molecule has 3 atom stereocenters. The van der Waals surface area contributed by atoms with Crippen LogP contribution >= 0.6 is 7.82 Å². The number of hydrogen-bond acceptors (Lipinski definition) is 7. The molecule has 0 fully saturated rings. The first-order valence-electron chi connectivity index (χ1n) is 32.0. The van der Waals surface area contributed by atoms with E-state index in [1.807, 2.05) is 33.3 Å². The minimum absolute atomic E-state index is 0.0378. The monoisotopic (exact) mass is 1130 g/mol. The van der Waals surface area contributed by atoms with Crippen LogP contribution in [0, 0.1) is 0 Å². The fourth-order valence-corrected chi connectivity index (χ4v) is 9.18. The molecule has 0 aromatic rings. The third kappa shape index (κ3) is 58.8. The summed E-state index contributed by atoms with van der Waals surface area (Å²) < 4.78 is 30.3. The molecule has 80 heavy (non-hydrogen) atoms. The van der Waals surface area contributed by atoms with Gasteiger partial charge in [0, 0.05) is 12.8 Å². The molecular weight excluding hydrogens is 1010 g/mol. The van der Waals surface area contributed by atoms with E-state index in [-0.39, 0.29) is 31.3 Å². The van der Waals surface area contributed by atoms with Gasteiger partial charge in [0.05, 0.1) is 33.8 Å². The van der Waals surface area contributed by atoms with Crippen molar-refractivity contribution in [3.63, 3.8) is 0 Å². The van der Waals surface area contributed by atoms with Crippen molar-refractivity contribution in [3.8, 4) is 0 Å². The lowest BCUT2D eigenvalue weighted by Crippen LogP contribution is -2.47. The predicted octanol–water partition coefficient (Wildman–Crippen LogP) is 19.4. The van der Waals surface area contributed by atoms with Crippen molar-refractivity contribution in [2.45, 2.75) is 258 Å². The average molecular weight is 1130 g/mol. The summed E-state index contributed by atoms with van der Waals surface area (Å²) in [5.74, 6) is -0.600. The molecule has 0 aromatic carbocycles. The molecule has 0 radical (unpaired) electrons. The van der Waals surface area contributed by atoms with Gasteiger partial charge in [-0.1, -0.05) is 245 Å². The van der Waals surface area contributed by atoms with Gasteiger partial charge in [-0.15, -0.1) is 0 Å². The number of esters is 1. The molecule has 0 spiro atoms. The van der Waals surface area contributed by atoms with Gasteiger partial charge in [-0.05, 0) is 122 Å². The maximum absolute atomic E-state index is 13.6. The molecule has 0 saturated heterocycles. The van der Waals surface area contributed by atoms with Crippen molar-refractivity contribution < 1.29 is 37.3 Å². The highest BCUT2D eigenvalue weighted by Gasteiger charge is 2.27. The van der Waals surface area contributed by atoms with Gasteiger partial charge < -0.3 is 28.5 Å². The third-order valence-electron chi connectivity index (χ3n) is 13.3. The highest BCUT2D eigenvalue weighted by atomic mass is 31.2. The SMILES string of the molecule is CC/C=C\C/C=C\C/C=C\C/C=C\C/C=C\CCCCCCCCCC(=O)NC(COP(=O)([O-])OCC[N+](C)(C)C)C(/C=C\CCCCCCCCCCCC)OC(=O)CCCCC/C=C\C/C=C\C/C=C\C/C=C\C/C=C\CC. The van der Waals surface area contributed by atoms with Crippen molar-refractivity contribution in [1.29, 1.82) is 0 Å². The Bertz CT molecular complexity index is 1830. The van der Waals surface area contributed by atoms with Gasteiger partial charge in [0.15, 0.2) is 0 Å². The molecule has 3 unspecified atom stereocenters. The standard InChI is InChI=1S/C70H119N2O7P/c1-7-10-13-16-19-22-25-28-30-32-34-35-36-37-39-40-42-44-47-50-53-56-59-62-69(73)71-67(66-78-80(75,76)77-65-64-72(4,5)6)68(61-58-55-52-49-46-27-24-21-18-15-12-9-3)79-70(74)63-60-57-54-51-48-45-43-41-38-33-31-29-26-23-20-17-14-11-8-2/h10-11,13-14,19-20,22-23,28-31,34-35,37-39,41,45,48,58,61,67-68H,7-9,12,15-18,21,24-27,32-33,36,40,42-44,46-47,49-57,59-60,62-66H2,1-6H3,(H-,71,73,75,76)/b13-10-,14-11-,22-19-,23-20-,30-28-,31-29-,35-34-,39-37-,41-38-,48-45-,61-58-. The smallest absolute Gasteiger partial charge is 0.306 e. The minimum atomic E-state index is -4.72. The minimum Gasteiger partial charge on any atom is -0.756 e. The summed E-state index contributed by atoms with van der Waals surface area (Å²) in [5.41, 5.74) is 0. The number of carbonyl (C=O) groups excluding carboxylic acids is 2. The Hall–Kier alpha value is -3.85. The Balaban J connectivity index is 5.30. The first kappa shape index (κ1) is 76.1. The Morgan fingerprint density at radius 1 is 0.450 bits per heavy atom. The number of phosphoric acid groups is 1. The molecule has 0 rings (SSSR count). The van der Waals surface area contributed by atoms with Crippen LogP contribution in [0.4, 0.5) is 0 Å². The van der Waals surface area contributed by atoms with Crippen LogP contribution in [0.3, 0.4) is 0 Å². The van der Waals surface area contributed by atoms with E-state index in [9.17, 15) is 19.0 Å². The fraction of sp³-hybridized carbons (Fsp3) is 0.657. The quantitative estimate of drug-likeness (QED) is 0.0212. The Morgan fingerprint density at radius 3 is 1.21 bits per heavy atom. The molecule has 0 aliphatic carbocycles. The molecule has 0 heterocycles. The second-order valence-corrected chi connectivity index (χ2v) is 23.6. The summed E-state index contributed by atoms with van der Waals surface area (Å²) in [6, 6.07) is -0.919. The number of hydrogen-bond donors (Lipinski definition) is 1. The van der Waals surface area contributed by atoms with E-state index in [1.165, 1.54) is 70.6 Å². The van der Waals surface area contributed by atoms with E-state index in [0.717, 1.165) is 128 Å². The van der Waals surface area contributed by atoms with E-state index in [1.54, 1.807) is 0 Å². The second-order valence-electron chi connectivity index (χ2n) is 22.1. The van der Waals surface area contributed by atoms with Gasteiger partial charge in [0.1, 0.15) is 19.3 Å². The predicted molar refractivity (Wildman–Crippen MR) is 343 cm³/mol. The summed E-state index contributed by atoms with van der Waals surface area (Å²) >= 11 is 0. The first-order valence-corrected chi connectivity index (χ1v) is 33.5. The molecule has 0 saturated carbocycles. The normalized spacial score (nSPS) is 14.5. The number of nitrogens with one attached hydrogen (secondary N) is 1. The number of unbranched alkanes of at least 4 members (excludes halogenated alkanes) is 20. The van der Waals surface area contributed by atoms with Crippen LogP contribution in [-0.2, 0) is 27.9 Å². The fourth-order valence-electron chi connectivity index (χ4n) is 8.46. The van der Waals surface area contributed by atoms with E-state index < -0.39 is 26.6 Å². The van der Waals surface area contributed by atoms with Crippen molar-refractivity contribution in [2.24, 2.45) is 0 Å². The number of carbonyl (C=O) groups is 2. The van der Waals surface area contributed by atoms with Crippen LogP contribution in [-0.4, -0.2) is 69.4 Å². The largest absolute Gasteiger partial charge is 0.756 e. The number of phosphoric ester groups is 1. The van der Waals surface area contributed by atoms with Crippen molar-refractivity contribution >= 4 is 19.7 Å². The van der Waals surface area contributed by atoms with Crippen LogP contribution in [0.25, 0.3) is 0 Å². The summed E-state index contributed by atoms with van der Waals surface area (Å²) in [7, 11) is 1.14. The molecule has 456 valence electrons. The van der Waals surface area contributed by atoms with E-state index in [2.05, 4.69) is 148 Å². The Morgan fingerprint density at radius 2 is 0.800 bits per heavy atom. The van der Waals surface area contributed by atoms with Crippen molar-refractivity contribution in [1.82, 2.24) is 5.32 Å². The molecule has 0 aromatic heterocycles. The number of nitrogens with zero attached hydrogens (tertiary/aromatic N) is 1. The van der Waals surface area contributed by atoms with Gasteiger partial charge >= 0.3 is 5.97 Å². The van der Waals surface area contributed by atoms with Crippen LogP contribution in [0.5, 0.6) is 0 Å². The van der Waals surface area contributed by atoms with Gasteiger partial charge in [-0.2, -0.15) is 0 Å². The number of ether oxygens (including phenoxy) is 1. The van der Waals surface area contributed by atoms with E-state index >= 15 is 0 Å². The molecule has 9 nitrogen and oxygen atoms in total. The van der Waals surface area contributed by atoms with Crippen LogP contribution in [0.2, 0.25) is 0 Å². The van der Waals surface area contributed by atoms with Crippen LogP contribution in [0.15, 0.2) is 134 Å². The molecular formula is C70H119N2O7P. The van der Waals surface area contributed by atoms with Gasteiger partial charge in [-0.3, -0.25) is 14.2 Å². The first-order chi connectivity index (χ1) is 38.9. The Kier molecular flexibility index (Phi) is 55.5. The van der Waals surface area contributed by atoms with Gasteiger partial charge in [0.2, 0.25) is 5.91 Å². The molecule has 1 N–H and O–H groups in total. The average Bonchev–Trinajstić information content (AvgIpc) is 3.42. The lowest BCUT2D eigenvalue weighted by atomic mass is 10.0. The van der Waals surface area contributed by atoms with Gasteiger partial charge in [0.25, 0.3) is 7.82 Å². The second kappa shape index (κ2) is 58.4. The van der Waals surface area contributed by atoms with E-state index in [0.29, 0.717) is 23.9 Å². The van der Waals surface area contributed by atoms with Crippen molar-refractivity contribution in [3.05, 3.63) is 134 Å². The lowest BCUT2D eigenvalue weighted by molar-refractivity contribution is -0.870. The zero-order chi connectivity index (χ0) is 58.6. The van der Waals surface area contributed by atoms with Crippen LogP contribution in [0.1, 0.15) is 245 Å². The molecule has 0 aliphatic rings. The number of quaternary nitrogens is 1. The highest BCUT2D eigenvalue weighted by Crippen LogP contribution is 2.38. The summed E-state index contributed by atoms with van der Waals surface area (Å²) in [6.45, 7) is 6.57. The Labute approximate surface area is 492 Å².